The zero-order valence-corrected chi connectivity index (χ0v) is 13.2. The molecule has 1 aromatic carbocycles. The van der Waals surface area contributed by atoms with Crippen LogP contribution in [0.3, 0.4) is 0 Å². The largest absolute Gasteiger partial charge is 0.370 e. The number of halogens is 2. The maximum absolute atomic E-state index is 13.5. The molecule has 0 spiro atoms. The molecule has 1 fully saturated rings. The van der Waals surface area contributed by atoms with Crippen LogP contribution in [0.25, 0.3) is 0 Å². The van der Waals surface area contributed by atoms with Gasteiger partial charge in [-0.1, -0.05) is 18.9 Å². The third kappa shape index (κ3) is 2.12. The Balaban J connectivity index is 1.98. The molecule has 1 aliphatic heterocycles. The van der Waals surface area contributed by atoms with Gasteiger partial charge in [0.25, 0.3) is 0 Å². The number of nitrogens with zero attached hydrogens (tertiary/aromatic N) is 2. The average molecular weight is 340 g/mol. The highest BCUT2D eigenvalue weighted by molar-refractivity contribution is 9.10. The summed E-state index contributed by atoms with van der Waals surface area (Å²) in [7, 11) is 0. The van der Waals surface area contributed by atoms with Gasteiger partial charge >= 0.3 is 0 Å². The smallest absolute Gasteiger partial charge is 0.192 e. The van der Waals surface area contributed by atoms with Crippen molar-refractivity contribution in [3.05, 3.63) is 34.1 Å². The van der Waals surface area contributed by atoms with Crippen LogP contribution in [-0.2, 0) is 5.54 Å². The number of rotatable bonds is 2. The van der Waals surface area contributed by atoms with Crippen molar-refractivity contribution in [2.75, 3.05) is 6.54 Å². The molecule has 2 aliphatic rings. The van der Waals surface area contributed by atoms with Crippen LogP contribution in [0.2, 0.25) is 0 Å². The Morgan fingerprint density at radius 1 is 1.40 bits per heavy atom. The Kier molecular flexibility index (Phi) is 3.48. The SMILES string of the molecule is CC1(c2ccc(F)c(Br)c2)CN=C(N)N1C1CCCC1. The van der Waals surface area contributed by atoms with E-state index >= 15 is 0 Å². The van der Waals surface area contributed by atoms with Crippen molar-refractivity contribution >= 4 is 21.9 Å². The van der Waals surface area contributed by atoms with Crippen LogP contribution in [0, 0.1) is 5.82 Å². The molecule has 2 N–H and O–H groups in total. The molecule has 0 saturated heterocycles. The van der Waals surface area contributed by atoms with Crippen LogP contribution in [0.4, 0.5) is 4.39 Å². The molecule has 1 aromatic rings. The molecule has 0 aromatic heterocycles. The molecular formula is C15H19BrFN3. The molecule has 3 nitrogen and oxygen atoms in total. The second-order valence-electron chi connectivity index (χ2n) is 5.89. The lowest BCUT2D eigenvalue weighted by atomic mass is 9.89. The van der Waals surface area contributed by atoms with E-state index in [1.165, 1.54) is 18.9 Å². The molecule has 20 heavy (non-hydrogen) atoms. The molecule has 0 amide bonds. The molecule has 0 bridgehead atoms. The monoisotopic (exact) mass is 339 g/mol. The summed E-state index contributed by atoms with van der Waals surface area (Å²) in [6, 6.07) is 5.66. The predicted molar refractivity (Wildman–Crippen MR) is 82.0 cm³/mol. The minimum Gasteiger partial charge on any atom is -0.370 e. The summed E-state index contributed by atoms with van der Waals surface area (Å²) in [5.74, 6) is 0.386. The van der Waals surface area contributed by atoms with Gasteiger partial charge in [0.2, 0.25) is 0 Å². The van der Waals surface area contributed by atoms with E-state index in [4.69, 9.17) is 5.73 Å². The lowest BCUT2D eigenvalue weighted by Crippen LogP contribution is -2.52. The lowest BCUT2D eigenvalue weighted by Gasteiger charge is -2.41. The number of aliphatic imine (C=N–C) groups is 1. The van der Waals surface area contributed by atoms with Gasteiger partial charge in [-0.05, 0) is 53.4 Å². The fraction of sp³-hybridized carbons (Fsp3) is 0.533. The van der Waals surface area contributed by atoms with Crippen LogP contribution < -0.4 is 5.73 Å². The zero-order valence-electron chi connectivity index (χ0n) is 11.6. The normalized spacial score (nSPS) is 27.1. The van der Waals surface area contributed by atoms with E-state index in [-0.39, 0.29) is 11.4 Å². The van der Waals surface area contributed by atoms with E-state index in [9.17, 15) is 4.39 Å². The first kappa shape index (κ1) is 13.9. The number of hydrogen-bond acceptors (Lipinski definition) is 3. The Hall–Kier alpha value is -1.10. The van der Waals surface area contributed by atoms with Gasteiger partial charge in [-0.25, -0.2) is 4.39 Å². The summed E-state index contributed by atoms with van der Waals surface area (Å²) in [5, 5.41) is 0. The summed E-state index contributed by atoms with van der Waals surface area (Å²) in [5.41, 5.74) is 6.92. The van der Waals surface area contributed by atoms with Gasteiger partial charge in [0.15, 0.2) is 5.96 Å². The van der Waals surface area contributed by atoms with E-state index < -0.39 is 0 Å². The molecule has 1 unspecified atom stereocenters. The van der Waals surface area contributed by atoms with Gasteiger partial charge in [-0.15, -0.1) is 0 Å². The predicted octanol–water partition coefficient (Wildman–Crippen LogP) is 3.38. The topological polar surface area (TPSA) is 41.6 Å². The van der Waals surface area contributed by atoms with Crippen molar-refractivity contribution in [2.24, 2.45) is 10.7 Å². The van der Waals surface area contributed by atoms with Gasteiger partial charge in [-0.2, -0.15) is 0 Å². The maximum Gasteiger partial charge on any atom is 0.192 e. The minimum absolute atomic E-state index is 0.239. The summed E-state index contributed by atoms with van der Waals surface area (Å²) in [6.07, 6.45) is 4.82. The highest BCUT2D eigenvalue weighted by Gasteiger charge is 2.44. The van der Waals surface area contributed by atoms with E-state index in [0.717, 1.165) is 18.4 Å². The summed E-state index contributed by atoms with van der Waals surface area (Å²) >= 11 is 3.27. The zero-order chi connectivity index (χ0) is 14.3. The van der Waals surface area contributed by atoms with Crippen LogP contribution in [0.5, 0.6) is 0 Å². The van der Waals surface area contributed by atoms with Crippen molar-refractivity contribution < 1.29 is 4.39 Å². The van der Waals surface area contributed by atoms with Crippen LogP contribution in [0.15, 0.2) is 27.7 Å². The van der Waals surface area contributed by atoms with E-state index in [0.29, 0.717) is 23.0 Å². The molecule has 3 rings (SSSR count). The van der Waals surface area contributed by atoms with Crippen LogP contribution >= 0.6 is 15.9 Å². The van der Waals surface area contributed by atoms with Gasteiger partial charge in [-0.3, -0.25) is 4.99 Å². The van der Waals surface area contributed by atoms with Crippen molar-refractivity contribution in [1.82, 2.24) is 4.90 Å². The molecule has 108 valence electrons. The Bertz CT molecular complexity index is 554. The number of guanidine groups is 1. The summed E-state index contributed by atoms with van der Waals surface area (Å²) < 4.78 is 14.0. The Labute approximate surface area is 127 Å². The lowest BCUT2D eigenvalue weighted by molar-refractivity contribution is 0.167. The Morgan fingerprint density at radius 2 is 2.10 bits per heavy atom. The average Bonchev–Trinajstić information content (AvgIpc) is 3.02. The van der Waals surface area contributed by atoms with Gasteiger partial charge in [0.05, 0.1) is 16.6 Å². The maximum atomic E-state index is 13.5. The second-order valence-corrected chi connectivity index (χ2v) is 6.74. The number of nitrogens with two attached hydrogens (primary N) is 1. The second kappa shape index (κ2) is 5.02. The number of benzene rings is 1. The molecule has 1 heterocycles. The van der Waals surface area contributed by atoms with Gasteiger partial charge in [0.1, 0.15) is 5.82 Å². The summed E-state index contributed by atoms with van der Waals surface area (Å²) in [4.78, 5) is 6.70. The molecule has 5 heteroatoms. The van der Waals surface area contributed by atoms with Crippen molar-refractivity contribution in [2.45, 2.75) is 44.2 Å². The van der Waals surface area contributed by atoms with E-state index in [2.05, 4.69) is 32.7 Å². The molecule has 1 aliphatic carbocycles. The summed E-state index contributed by atoms with van der Waals surface area (Å²) in [6.45, 7) is 2.78. The first-order valence-corrected chi connectivity index (χ1v) is 7.86. The minimum atomic E-state index is -0.269. The molecule has 1 saturated carbocycles. The fourth-order valence-electron chi connectivity index (χ4n) is 3.45. The van der Waals surface area contributed by atoms with E-state index in [1.807, 2.05) is 12.1 Å². The third-order valence-electron chi connectivity index (χ3n) is 4.56. The first-order chi connectivity index (χ1) is 9.52. The quantitative estimate of drug-likeness (QED) is 0.897. The molecule has 0 radical (unpaired) electrons. The first-order valence-electron chi connectivity index (χ1n) is 7.07. The highest BCUT2D eigenvalue weighted by atomic mass is 79.9. The van der Waals surface area contributed by atoms with Crippen molar-refractivity contribution in [3.63, 3.8) is 0 Å². The Morgan fingerprint density at radius 3 is 2.75 bits per heavy atom. The van der Waals surface area contributed by atoms with Gasteiger partial charge < -0.3 is 10.6 Å². The highest BCUT2D eigenvalue weighted by Crippen LogP contribution is 2.39. The standard InChI is InChI=1S/C15H19BrFN3/c1-15(10-6-7-13(17)12(16)8-10)9-19-14(18)20(15)11-4-2-3-5-11/h6-8,11H,2-5,9H2,1H3,(H2,18,19). The van der Waals surface area contributed by atoms with Crippen molar-refractivity contribution in [3.8, 4) is 0 Å². The molecular weight excluding hydrogens is 321 g/mol. The van der Waals surface area contributed by atoms with Crippen LogP contribution in [-0.4, -0.2) is 23.4 Å². The van der Waals surface area contributed by atoms with Gasteiger partial charge in [0, 0.05) is 6.04 Å². The van der Waals surface area contributed by atoms with E-state index in [1.54, 1.807) is 0 Å². The fourth-order valence-corrected chi connectivity index (χ4v) is 3.83. The molecule has 1 atom stereocenters. The number of hydrogen-bond donors (Lipinski definition) is 1. The van der Waals surface area contributed by atoms with Crippen LogP contribution in [0.1, 0.15) is 38.2 Å². The third-order valence-corrected chi connectivity index (χ3v) is 5.17. The van der Waals surface area contributed by atoms with Crippen molar-refractivity contribution in [1.29, 1.82) is 0 Å².